The first-order valence-corrected chi connectivity index (χ1v) is 7.53. The summed E-state index contributed by atoms with van der Waals surface area (Å²) in [6.45, 7) is 0.969. The monoisotopic (exact) mass is 296 g/mol. The van der Waals surface area contributed by atoms with Crippen molar-refractivity contribution in [2.45, 2.75) is 19.3 Å². The van der Waals surface area contributed by atoms with E-state index in [1.165, 1.54) is 24.0 Å². The van der Waals surface area contributed by atoms with Gasteiger partial charge in [0.2, 0.25) is 0 Å². The predicted octanol–water partition coefficient (Wildman–Crippen LogP) is 2.38. The number of guanidine groups is 1. The Morgan fingerprint density at radius 2 is 2.18 bits per heavy atom. The highest BCUT2D eigenvalue weighted by atomic mass is 16.5. The number of aromatic nitrogens is 1. The van der Waals surface area contributed by atoms with Gasteiger partial charge in [0, 0.05) is 11.9 Å². The van der Waals surface area contributed by atoms with E-state index in [1.807, 2.05) is 12.1 Å². The van der Waals surface area contributed by atoms with Gasteiger partial charge in [0.15, 0.2) is 5.96 Å². The molecule has 0 saturated carbocycles. The maximum atomic E-state index is 5.90. The van der Waals surface area contributed by atoms with Crippen LogP contribution in [0.4, 0.5) is 5.69 Å². The number of hydrogen-bond acceptors (Lipinski definition) is 3. The summed E-state index contributed by atoms with van der Waals surface area (Å²) in [5, 5.41) is 3.13. The number of fused-ring (bicyclic) bond motifs is 1. The molecule has 1 aliphatic carbocycles. The number of rotatable bonds is 5. The smallest absolute Gasteiger partial charge is 0.193 e. The summed E-state index contributed by atoms with van der Waals surface area (Å²) in [5.74, 6) is 1.15. The molecule has 0 saturated heterocycles. The number of nitrogens with two attached hydrogens (primary N) is 1. The van der Waals surface area contributed by atoms with Crippen molar-refractivity contribution < 1.29 is 4.74 Å². The normalized spacial score (nSPS) is 13.7. The molecule has 22 heavy (non-hydrogen) atoms. The molecule has 1 aliphatic rings. The minimum absolute atomic E-state index is 0.410. The van der Waals surface area contributed by atoms with E-state index < -0.39 is 0 Å². The number of aliphatic imine (C=N–C) groups is 1. The number of anilines is 1. The zero-order chi connectivity index (χ0) is 15.2. The molecule has 3 N–H and O–H groups in total. The Bertz CT molecular complexity index is 655. The fourth-order valence-corrected chi connectivity index (χ4v) is 2.60. The molecule has 0 spiro atoms. The van der Waals surface area contributed by atoms with Crippen molar-refractivity contribution in [1.82, 2.24) is 4.98 Å². The topological polar surface area (TPSA) is 72.5 Å². The number of nitrogens with zero attached hydrogens (tertiary/aromatic N) is 2. The van der Waals surface area contributed by atoms with E-state index in [1.54, 1.807) is 12.4 Å². The van der Waals surface area contributed by atoms with Crippen LogP contribution >= 0.6 is 0 Å². The lowest BCUT2D eigenvalue weighted by Gasteiger charge is -2.08. The first-order chi connectivity index (χ1) is 10.8. The van der Waals surface area contributed by atoms with Crippen LogP contribution in [0.3, 0.4) is 0 Å². The number of pyridine rings is 1. The lowest BCUT2D eigenvalue weighted by Crippen LogP contribution is -2.23. The number of hydrogen-bond donors (Lipinski definition) is 2. The lowest BCUT2D eigenvalue weighted by atomic mass is 10.1. The second-order valence-corrected chi connectivity index (χ2v) is 5.27. The molecule has 0 atom stereocenters. The molecule has 0 unspecified atom stereocenters. The largest absolute Gasteiger partial charge is 0.490 e. The molecule has 2 aromatic rings. The average molecular weight is 296 g/mol. The Morgan fingerprint density at radius 1 is 1.27 bits per heavy atom. The van der Waals surface area contributed by atoms with Gasteiger partial charge in [0.25, 0.3) is 0 Å². The third kappa shape index (κ3) is 3.75. The number of aryl methyl sites for hydroxylation is 2. The SMILES string of the molecule is NC(=NCCOc1cccnc1)Nc1ccc2c(c1)CCC2. The van der Waals surface area contributed by atoms with Crippen LogP contribution in [-0.4, -0.2) is 24.1 Å². The first kappa shape index (κ1) is 14.4. The lowest BCUT2D eigenvalue weighted by molar-refractivity contribution is 0.327. The fraction of sp³-hybridized carbons (Fsp3) is 0.294. The van der Waals surface area contributed by atoms with E-state index in [0.29, 0.717) is 19.1 Å². The first-order valence-electron chi connectivity index (χ1n) is 7.53. The number of ether oxygens (including phenoxy) is 1. The summed E-state index contributed by atoms with van der Waals surface area (Å²) in [6.07, 6.45) is 6.97. The highest BCUT2D eigenvalue weighted by Gasteiger charge is 2.10. The highest BCUT2D eigenvalue weighted by molar-refractivity contribution is 5.92. The Hall–Kier alpha value is -2.56. The highest BCUT2D eigenvalue weighted by Crippen LogP contribution is 2.24. The molecule has 3 rings (SSSR count). The van der Waals surface area contributed by atoms with E-state index in [9.17, 15) is 0 Å². The van der Waals surface area contributed by atoms with Gasteiger partial charge in [-0.05, 0) is 54.7 Å². The van der Waals surface area contributed by atoms with Gasteiger partial charge in [-0.25, -0.2) is 4.99 Å². The van der Waals surface area contributed by atoms with Crippen LogP contribution in [0.1, 0.15) is 17.5 Å². The van der Waals surface area contributed by atoms with Crippen molar-refractivity contribution in [3.8, 4) is 5.75 Å². The maximum absolute atomic E-state index is 5.90. The van der Waals surface area contributed by atoms with Gasteiger partial charge in [0.1, 0.15) is 12.4 Å². The van der Waals surface area contributed by atoms with Crippen molar-refractivity contribution in [1.29, 1.82) is 0 Å². The van der Waals surface area contributed by atoms with E-state index in [4.69, 9.17) is 10.5 Å². The summed E-state index contributed by atoms with van der Waals surface area (Å²) in [6, 6.07) is 10.1. The Labute approximate surface area is 130 Å². The third-order valence-electron chi connectivity index (χ3n) is 3.65. The third-order valence-corrected chi connectivity index (χ3v) is 3.65. The van der Waals surface area contributed by atoms with Crippen LogP contribution in [0.15, 0.2) is 47.7 Å². The van der Waals surface area contributed by atoms with E-state index in [2.05, 4.69) is 33.5 Å². The van der Waals surface area contributed by atoms with Gasteiger partial charge < -0.3 is 15.8 Å². The van der Waals surface area contributed by atoms with Crippen molar-refractivity contribution in [2.24, 2.45) is 10.7 Å². The van der Waals surface area contributed by atoms with Crippen LogP contribution in [0.5, 0.6) is 5.75 Å². The van der Waals surface area contributed by atoms with Crippen molar-refractivity contribution in [3.05, 3.63) is 53.9 Å². The van der Waals surface area contributed by atoms with E-state index >= 15 is 0 Å². The molecule has 114 valence electrons. The molecule has 0 fully saturated rings. The van der Waals surface area contributed by atoms with Gasteiger partial charge in [-0.3, -0.25) is 4.98 Å². The standard InChI is InChI=1S/C17H20N4O/c18-17(20-9-10-22-16-5-2-8-19-12-16)21-15-7-6-13-3-1-4-14(13)11-15/h2,5-8,11-12H,1,3-4,9-10H2,(H3,18,20,21). The second kappa shape index (κ2) is 6.93. The van der Waals surface area contributed by atoms with Crippen molar-refractivity contribution >= 4 is 11.6 Å². The summed E-state index contributed by atoms with van der Waals surface area (Å²) in [4.78, 5) is 8.25. The average Bonchev–Trinajstić information content (AvgIpc) is 3.00. The molecule has 5 nitrogen and oxygen atoms in total. The molecular weight excluding hydrogens is 276 g/mol. The summed E-state index contributed by atoms with van der Waals surface area (Å²) >= 11 is 0. The number of benzene rings is 1. The predicted molar refractivity (Wildman–Crippen MR) is 88.3 cm³/mol. The molecular formula is C17H20N4O. The minimum atomic E-state index is 0.410. The van der Waals surface area contributed by atoms with Gasteiger partial charge in [0.05, 0.1) is 12.7 Å². The quantitative estimate of drug-likeness (QED) is 0.505. The fourth-order valence-electron chi connectivity index (χ4n) is 2.60. The van der Waals surface area contributed by atoms with Crippen LogP contribution in [0.25, 0.3) is 0 Å². The van der Waals surface area contributed by atoms with Crippen LogP contribution in [-0.2, 0) is 12.8 Å². The number of nitrogens with one attached hydrogen (secondary N) is 1. The second-order valence-electron chi connectivity index (χ2n) is 5.27. The molecule has 1 heterocycles. The van der Waals surface area contributed by atoms with Gasteiger partial charge >= 0.3 is 0 Å². The van der Waals surface area contributed by atoms with Crippen LogP contribution < -0.4 is 15.8 Å². The Morgan fingerprint density at radius 3 is 3.05 bits per heavy atom. The zero-order valence-electron chi connectivity index (χ0n) is 12.5. The maximum Gasteiger partial charge on any atom is 0.193 e. The van der Waals surface area contributed by atoms with Crippen LogP contribution in [0, 0.1) is 0 Å². The van der Waals surface area contributed by atoms with E-state index in [-0.39, 0.29) is 0 Å². The molecule has 0 bridgehead atoms. The molecule has 1 aromatic carbocycles. The Kier molecular flexibility index (Phi) is 4.53. The van der Waals surface area contributed by atoms with Gasteiger partial charge in [-0.15, -0.1) is 0 Å². The molecule has 5 heteroatoms. The van der Waals surface area contributed by atoms with Gasteiger partial charge in [-0.2, -0.15) is 0 Å². The van der Waals surface area contributed by atoms with Crippen molar-refractivity contribution in [3.63, 3.8) is 0 Å². The molecule has 0 amide bonds. The summed E-state index contributed by atoms with van der Waals surface area (Å²) < 4.78 is 5.51. The minimum Gasteiger partial charge on any atom is -0.490 e. The molecule has 0 radical (unpaired) electrons. The summed E-state index contributed by atoms with van der Waals surface area (Å²) in [7, 11) is 0. The van der Waals surface area contributed by atoms with E-state index in [0.717, 1.165) is 17.9 Å². The van der Waals surface area contributed by atoms with Crippen LogP contribution in [0.2, 0.25) is 0 Å². The molecule has 0 aliphatic heterocycles. The van der Waals surface area contributed by atoms with Gasteiger partial charge in [-0.1, -0.05) is 6.07 Å². The Balaban J connectivity index is 1.48. The van der Waals surface area contributed by atoms with Crippen molar-refractivity contribution in [2.75, 3.05) is 18.5 Å². The summed E-state index contributed by atoms with van der Waals surface area (Å²) in [5.41, 5.74) is 9.76. The molecule has 1 aromatic heterocycles. The zero-order valence-corrected chi connectivity index (χ0v) is 12.5.